The summed E-state index contributed by atoms with van der Waals surface area (Å²) < 4.78 is 6.13. The number of hydrazine groups is 1. The molecular weight excluding hydrogens is 345 g/mol. The van der Waals surface area contributed by atoms with E-state index >= 15 is 0 Å². The summed E-state index contributed by atoms with van der Waals surface area (Å²) in [6, 6.07) is 18.8. The highest BCUT2D eigenvalue weighted by atomic mass is 16.3. The van der Waals surface area contributed by atoms with Crippen LogP contribution < -0.4 is 10.4 Å². The fourth-order valence-corrected chi connectivity index (χ4v) is 4.59. The first kappa shape index (κ1) is 17.1. The highest BCUT2D eigenvalue weighted by Gasteiger charge is 2.43. The lowest BCUT2D eigenvalue weighted by molar-refractivity contribution is 0.0564. The lowest BCUT2D eigenvalue weighted by Gasteiger charge is -2.49. The van der Waals surface area contributed by atoms with Gasteiger partial charge in [0.15, 0.2) is 0 Å². The lowest BCUT2D eigenvalue weighted by atomic mass is 9.54. The molecule has 0 spiro atoms. The topological polar surface area (TPSA) is 22.9 Å². The Kier molecular flexibility index (Phi) is 3.63. The van der Waals surface area contributed by atoms with E-state index in [-0.39, 0.29) is 12.5 Å². The van der Waals surface area contributed by atoms with Gasteiger partial charge in [0.2, 0.25) is 0 Å². The molecule has 3 heterocycles. The average Bonchev–Trinajstić information content (AvgIpc) is 3.19. The second-order valence-corrected chi connectivity index (χ2v) is 8.03. The van der Waals surface area contributed by atoms with Crippen LogP contribution in [0.25, 0.3) is 17.0 Å². The maximum absolute atomic E-state index is 6.13. The molecule has 140 valence electrons. The van der Waals surface area contributed by atoms with Crippen LogP contribution in [0.1, 0.15) is 26.5 Å². The highest BCUT2D eigenvalue weighted by molar-refractivity contribution is 6.73. The average molecular weight is 369 g/mol. The predicted octanol–water partition coefficient (Wildman–Crippen LogP) is 4.88. The number of benzene rings is 2. The Balaban J connectivity index is 1.56. The summed E-state index contributed by atoms with van der Waals surface area (Å²) in [4.78, 5) is 4.69. The van der Waals surface area contributed by atoms with Crippen molar-refractivity contribution in [1.82, 2.24) is 9.93 Å². The molecule has 0 bridgehead atoms. The molecule has 0 amide bonds. The molecule has 2 aromatic carbocycles. The van der Waals surface area contributed by atoms with E-state index < -0.39 is 0 Å². The van der Waals surface area contributed by atoms with Crippen molar-refractivity contribution >= 4 is 35.0 Å². The summed E-state index contributed by atoms with van der Waals surface area (Å²) in [7, 11) is 0. The molecule has 5 heteroatoms. The van der Waals surface area contributed by atoms with Crippen molar-refractivity contribution in [2.45, 2.75) is 33.3 Å². The molecule has 28 heavy (non-hydrogen) atoms. The summed E-state index contributed by atoms with van der Waals surface area (Å²) in [5.74, 6) is 0.975. The molecule has 0 N–H and O–H groups in total. The van der Waals surface area contributed by atoms with E-state index in [2.05, 4.69) is 103 Å². The second-order valence-electron chi connectivity index (χ2n) is 8.03. The number of para-hydroxylation sites is 2. The lowest BCUT2D eigenvalue weighted by Crippen LogP contribution is -2.62. The Labute approximate surface area is 166 Å². The van der Waals surface area contributed by atoms with Crippen molar-refractivity contribution in [2.24, 2.45) is 0 Å². The number of allylic oxidation sites excluding steroid dienone is 1. The first-order valence-electron chi connectivity index (χ1n) is 9.79. The van der Waals surface area contributed by atoms with E-state index in [0.29, 0.717) is 0 Å². The molecule has 2 aliphatic heterocycles. The Morgan fingerprint density at radius 3 is 2.43 bits per heavy atom. The van der Waals surface area contributed by atoms with E-state index in [1.165, 1.54) is 22.2 Å². The van der Waals surface area contributed by atoms with Crippen molar-refractivity contribution < 1.29 is 4.42 Å². The minimum atomic E-state index is -0.234. The molecule has 0 aliphatic carbocycles. The largest absolute Gasteiger partial charge is 0.457 e. The molecule has 0 unspecified atom stereocenters. The minimum Gasteiger partial charge on any atom is -0.457 e. The van der Waals surface area contributed by atoms with Crippen LogP contribution in [0.4, 0.5) is 5.69 Å². The summed E-state index contributed by atoms with van der Waals surface area (Å²) in [5.41, 5.74) is 4.33. The molecule has 0 atom stereocenters. The van der Waals surface area contributed by atoms with Gasteiger partial charge in [0, 0.05) is 29.2 Å². The third-order valence-electron chi connectivity index (χ3n) is 5.92. The maximum atomic E-state index is 6.13. The minimum absolute atomic E-state index is 0.170. The van der Waals surface area contributed by atoms with Crippen LogP contribution in [-0.2, 0) is 0 Å². The fourth-order valence-electron chi connectivity index (χ4n) is 4.59. The number of anilines is 1. The summed E-state index contributed by atoms with van der Waals surface area (Å²) in [5, 5.41) is 3.53. The van der Waals surface area contributed by atoms with E-state index in [1.807, 2.05) is 12.1 Å². The molecule has 4 nitrogen and oxygen atoms in total. The van der Waals surface area contributed by atoms with E-state index in [1.54, 1.807) is 0 Å². The highest BCUT2D eigenvalue weighted by Crippen LogP contribution is 2.37. The van der Waals surface area contributed by atoms with Crippen LogP contribution in [0.5, 0.6) is 0 Å². The van der Waals surface area contributed by atoms with Crippen LogP contribution in [0.2, 0.25) is 6.82 Å². The van der Waals surface area contributed by atoms with E-state index in [9.17, 15) is 0 Å². The summed E-state index contributed by atoms with van der Waals surface area (Å²) in [6.45, 7) is 9.09. The van der Waals surface area contributed by atoms with Gasteiger partial charge in [0.05, 0.1) is 0 Å². The molecule has 0 saturated heterocycles. The summed E-state index contributed by atoms with van der Waals surface area (Å²) in [6.07, 6.45) is 6.50. The molecule has 0 radical (unpaired) electrons. The number of hydrogen-bond acceptors (Lipinski definition) is 4. The smallest absolute Gasteiger partial charge is 0.315 e. The first-order chi connectivity index (χ1) is 13.5. The van der Waals surface area contributed by atoms with Crippen molar-refractivity contribution in [3.05, 3.63) is 78.5 Å². The molecule has 5 rings (SSSR count). The standard InChI is InChI=1S/C23H24BN3O/c1-17-16-21-22(19-12-8-9-13-20(19)28-21)24(4)27(17)26-15-14-25(23(26,2)3)18-10-6-5-7-11-18/h5-16H,1-4H3. The van der Waals surface area contributed by atoms with Crippen molar-refractivity contribution in [2.75, 3.05) is 4.90 Å². The van der Waals surface area contributed by atoms with Crippen molar-refractivity contribution in [3.63, 3.8) is 0 Å². The Morgan fingerprint density at radius 1 is 0.929 bits per heavy atom. The first-order valence-corrected chi connectivity index (χ1v) is 9.79. The van der Waals surface area contributed by atoms with Crippen LogP contribution in [0.3, 0.4) is 0 Å². The van der Waals surface area contributed by atoms with E-state index in [0.717, 1.165) is 11.3 Å². The van der Waals surface area contributed by atoms with Gasteiger partial charge in [-0.25, -0.2) is 0 Å². The number of nitrogens with zero attached hydrogens (tertiary/aromatic N) is 3. The third kappa shape index (κ3) is 2.32. The van der Waals surface area contributed by atoms with Crippen molar-refractivity contribution in [3.8, 4) is 0 Å². The Bertz CT molecular complexity index is 1100. The normalized spacial score (nSPS) is 18.1. The van der Waals surface area contributed by atoms with Gasteiger partial charge in [-0.15, -0.1) is 0 Å². The van der Waals surface area contributed by atoms with Gasteiger partial charge in [-0.1, -0.05) is 43.2 Å². The maximum Gasteiger partial charge on any atom is 0.315 e. The van der Waals surface area contributed by atoms with Crippen molar-refractivity contribution in [1.29, 1.82) is 0 Å². The zero-order valence-corrected chi connectivity index (χ0v) is 16.8. The van der Waals surface area contributed by atoms with Gasteiger partial charge < -0.3 is 14.2 Å². The number of rotatable bonds is 2. The monoisotopic (exact) mass is 369 g/mol. The molecule has 2 aliphatic rings. The zero-order valence-electron chi connectivity index (χ0n) is 16.8. The van der Waals surface area contributed by atoms with Crippen LogP contribution in [0.15, 0.2) is 77.1 Å². The van der Waals surface area contributed by atoms with Gasteiger partial charge in [0.1, 0.15) is 17.0 Å². The van der Waals surface area contributed by atoms with Crippen LogP contribution in [-0.4, -0.2) is 22.4 Å². The van der Waals surface area contributed by atoms with E-state index in [4.69, 9.17) is 4.42 Å². The number of furan rings is 1. The second kappa shape index (κ2) is 5.96. The summed E-state index contributed by atoms with van der Waals surface area (Å²) >= 11 is 0. The van der Waals surface area contributed by atoms with Crippen LogP contribution in [0, 0.1) is 0 Å². The molecule has 0 saturated carbocycles. The number of fused-ring (bicyclic) bond motifs is 3. The zero-order chi connectivity index (χ0) is 19.5. The Morgan fingerprint density at radius 2 is 1.64 bits per heavy atom. The molecule has 0 fully saturated rings. The van der Waals surface area contributed by atoms with Gasteiger partial charge >= 0.3 is 6.85 Å². The third-order valence-corrected chi connectivity index (χ3v) is 5.92. The van der Waals surface area contributed by atoms with Gasteiger partial charge in [-0.3, -0.25) is 5.01 Å². The fraction of sp³-hybridized carbons (Fsp3) is 0.217. The molecule has 1 aromatic heterocycles. The van der Waals surface area contributed by atoms with Crippen LogP contribution >= 0.6 is 0 Å². The predicted molar refractivity (Wildman–Crippen MR) is 117 cm³/mol. The van der Waals surface area contributed by atoms with Gasteiger partial charge in [0.25, 0.3) is 0 Å². The van der Waals surface area contributed by atoms with Gasteiger partial charge in [-0.2, -0.15) is 0 Å². The molecule has 3 aromatic rings. The number of hydrogen-bond donors (Lipinski definition) is 0. The quantitative estimate of drug-likeness (QED) is 0.601. The molecular formula is C23H24BN3O. The Hall–Kier alpha value is -3.08. The SMILES string of the molecule is CB1c2c(oc3ccccc23)C=C(C)N1N1C=CN(c2ccccc2)C1(C)C. The van der Waals surface area contributed by atoms with Gasteiger partial charge in [-0.05, 0) is 50.5 Å².